The van der Waals surface area contributed by atoms with Crippen molar-refractivity contribution in [2.75, 3.05) is 0 Å². The van der Waals surface area contributed by atoms with Gasteiger partial charge >= 0.3 is 0 Å². The maximum absolute atomic E-state index is 11.9. The Hall–Kier alpha value is -0.920. The van der Waals surface area contributed by atoms with Gasteiger partial charge in [-0.25, -0.2) is 4.39 Å². The second-order valence-corrected chi connectivity index (χ2v) is 1.30. The number of hydrogen-bond acceptors (Lipinski definition) is 0. The van der Waals surface area contributed by atoms with Crippen molar-refractivity contribution in [1.29, 1.82) is 0 Å². The molecule has 0 saturated heterocycles. The van der Waals surface area contributed by atoms with Crippen molar-refractivity contribution in [3.63, 3.8) is 0 Å². The molecule has 0 bridgehead atoms. The molecule has 0 aliphatic carbocycles. The Kier molecular flexibility index (Phi) is 2.77. The summed E-state index contributed by atoms with van der Waals surface area (Å²) in [4.78, 5) is 0. The van der Waals surface area contributed by atoms with Gasteiger partial charge in [0, 0.05) is 0 Å². The van der Waals surface area contributed by atoms with E-state index in [-0.39, 0.29) is 10.5 Å². The smallest absolute Gasteiger partial charge is 0.123 e. The topological polar surface area (TPSA) is 0 Å². The molecular weight excluding hydrogens is 110 g/mol. The average molecular weight is 116 g/mol. The van der Waals surface area contributed by atoms with Gasteiger partial charge in [0.15, 0.2) is 0 Å². The van der Waals surface area contributed by atoms with Gasteiger partial charge in [-0.2, -0.15) is 0 Å². The van der Waals surface area contributed by atoms with Crippen LogP contribution in [0.25, 0.3) is 0 Å². The van der Waals surface area contributed by atoms with E-state index in [0.717, 1.165) is 0 Å². The second-order valence-electron chi connectivity index (χ2n) is 1.30. The number of halogens is 2. The van der Waals surface area contributed by atoms with E-state index in [1.165, 1.54) is 12.1 Å². The summed E-state index contributed by atoms with van der Waals surface area (Å²) in [6.45, 7) is 0. The molecule has 0 heterocycles. The lowest BCUT2D eigenvalue weighted by Gasteiger charge is -1.78. The zero-order valence-electron chi connectivity index (χ0n) is 4.17. The molecule has 2 heteroatoms. The summed E-state index contributed by atoms with van der Waals surface area (Å²) in [5, 5.41) is 0. The minimum Gasteiger partial charge on any atom is -0.269 e. The van der Waals surface area contributed by atoms with E-state index >= 15 is 0 Å². The molecular formula is C6H6F2. The van der Waals surface area contributed by atoms with E-state index in [1.807, 2.05) is 0 Å². The maximum Gasteiger partial charge on any atom is 0.123 e. The lowest BCUT2D eigenvalue weighted by Crippen LogP contribution is -1.63. The van der Waals surface area contributed by atoms with Gasteiger partial charge in [-0.1, -0.05) is 18.2 Å². The molecule has 0 nitrogen and oxygen atoms in total. The first-order valence-electron chi connectivity index (χ1n) is 2.10. The van der Waals surface area contributed by atoms with Crippen molar-refractivity contribution in [2.24, 2.45) is 0 Å². The Morgan fingerprint density at radius 2 is 1.50 bits per heavy atom. The third-order valence-electron chi connectivity index (χ3n) is 0.733. The Bertz CT molecular complexity index is 136. The van der Waals surface area contributed by atoms with Gasteiger partial charge < -0.3 is 0 Å². The summed E-state index contributed by atoms with van der Waals surface area (Å²) in [6.07, 6.45) is 0. The molecule has 0 fully saturated rings. The lowest BCUT2D eigenvalue weighted by molar-refractivity contribution is 0.628. The molecule has 44 valence electrons. The average Bonchev–Trinajstić information content (AvgIpc) is 1.69. The summed E-state index contributed by atoms with van der Waals surface area (Å²) in [5.41, 5.74) is 0. The van der Waals surface area contributed by atoms with Crippen LogP contribution in [0.15, 0.2) is 30.3 Å². The molecule has 0 radical (unpaired) electrons. The first-order chi connectivity index (χ1) is 3.39. The number of benzene rings is 1. The minimum absolute atomic E-state index is 0. The zero-order valence-corrected chi connectivity index (χ0v) is 4.17. The van der Waals surface area contributed by atoms with Gasteiger partial charge in [0.05, 0.1) is 0 Å². The monoisotopic (exact) mass is 116 g/mol. The van der Waals surface area contributed by atoms with Crippen molar-refractivity contribution < 1.29 is 9.09 Å². The standard InChI is InChI=1S/C6H5F.FH/c7-6-4-2-1-3-5-6;/h1-5H;1H. The summed E-state index contributed by atoms with van der Waals surface area (Å²) < 4.78 is 11.9. The Labute approximate surface area is 46.3 Å². The largest absolute Gasteiger partial charge is 0.269 e. The summed E-state index contributed by atoms with van der Waals surface area (Å²) in [5.74, 6) is -0.178. The molecule has 0 saturated carbocycles. The van der Waals surface area contributed by atoms with Crippen LogP contribution in [-0.2, 0) is 0 Å². The van der Waals surface area contributed by atoms with Crippen LogP contribution in [0.3, 0.4) is 0 Å². The molecule has 0 atom stereocenters. The highest BCUT2D eigenvalue weighted by molar-refractivity contribution is 5.02. The van der Waals surface area contributed by atoms with Crippen LogP contribution in [0, 0.1) is 5.82 Å². The first kappa shape index (κ1) is 7.08. The number of rotatable bonds is 0. The molecule has 0 aromatic heterocycles. The fourth-order valence-electron chi connectivity index (χ4n) is 0.415. The second kappa shape index (κ2) is 3.13. The quantitative estimate of drug-likeness (QED) is 0.486. The molecule has 1 aromatic carbocycles. The van der Waals surface area contributed by atoms with Gasteiger partial charge in [-0.05, 0) is 12.1 Å². The van der Waals surface area contributed by atoms with E-state index < -0.39 is 0 Å². The van der Waals surface area contributed by atoms with E-state index in [9.17, 15) is 4.39 Å². The molecule has 0 amide bonds. The van der Waals surface area contributed by atoms with Crippen LogP contribution >= 0.6 is 0 Å². The predicted octanol–water partition coefficient (Wildman–Crippen LogP) is 1.98. The summed E-state index contributed by atoms with van der Waals surface area (Å²) in [7, 11) is 0. The Morgan fingerprint density at radius 3 is 1.75 bits per heavy atom. The van der Waals surface area contributed by atoms with Crippen LogP contribution < -0.4 is 0 Å². The molecule has 0 aliphatic rings. The highest BCUT2D eigenvalue weighted by Gasteiger charge is 1.77. The first-order valence-corrected chi connectivity index (χ1v) is 2.10. The van der Waals surface area contributed by atoms with Crippen molar-refractivity contribution in [3.05, 3.63) is 36.1 Å². The fraction of sp³-hybridized carbons (Fsp3) is 0. The van der Waals surface area contributed by atoms with Crippen LogP contribution in [-0.4, -0.2) is 0 Å². The van der Waals surface area contributed by atoms with Crippen molar-refractivity contribution >= 4 is 0 Å². The van der Waals surface area contributed by atoms with E-state index in [2.05, 4.69) is 0 Å². The molecule has 1 rings (SSSR count). The summed E-state index contributed by atoms with van der Waals surface area (Å²) in [6, 6.07) is 7.94. The van der Waals surface area contributed by atoms with Crippen LogP contribution in [0.4, 0.5) is 9.09 Å². The van der Waals surface area contributed by atoms with E-state index in [1.54, 1.807) is 18.2 Å². The van der Waals surface area contributed by atoms with Gasteiger partial charge in [0.25, 0.3) is 0 Å². The molecule has 0 aliphatic heterocycles. The van der Waals surface area contributed by atoms with Crippen molar-refractivity contribution in [1.82, 2.24) is 0 Å². The third kappa shape index (κ3) is 1.69. The molecule has 0 unspecified atom stereocenters. The molecule has 0 spiro atoms. The lowest BCUT2D eigenvalue weighted by atomic mass is 10.4. The zero-order chi connectivity index (χ0) is 5.11. The number of hydrogen-bond donors (Lipinski definition) is 0. The van der Waals surface area contributed by atoms with Gasteiger partial charge in [-0.3, -0.25) is 4.70 Å². The highest BCUT2D eigenvalue weighted by atomic mass is 19.1. The predicted molar refractivity (Wildman–Crippen MR) is 28.9 cm³/mol. The Balaban J connectivity index is 0.000000490. The normalized spacial score (nSPS) is 7.62. The fourth-order valence-corrected chi connectivity index (χ4v) is 0.415. The highest BCUT2D eigenvalue weighted by Crippen LogP contribution is 1.91. The van der Waals surface area contributed by atoms with Gasteiger partial charge in [0.1, 0.15) is 5.82 Å². The van der Waals surface area contributed by atoms with Crippen LogP contribution in [0.1, 0.15) is 0 Å². The SMILES string of the molecule is F.Fc1ccccc1. The van der Waals surface area contributed by atoms with Crippen molar-refractivity contribution in [3.8, 4) is 0 Å². The van der Waals surface area contributed by atoms with E-state index in [0.29, 0.717) is 0 Å². The summed E-state index contributed by atoms with van der Waals surface area (Å²) >= 11 is 0. The van der Waals surface area contributed by atoms with Crippen LogP contribution in [0.2, 0.25) is 0 Å². The Morgan fingerprint density at radius 1 is 1.00 bits per heavy atom. The third-order valence-corrected chi connectivity index (χ3v) is 0.733. The maximum atomic E-state index is 11.9. The minimum atomic E-state index is -0.178. The van der Waals surface area contributed by atoms with Gasteiger partial charge in [0.2, 0.25) is 0 Å². The molecule has 8 heavy (non-hydrogen) atoms. The van der Waals surface area contributed by atoms with E-state index in [4.69, 9.17) is 0 Å². The van der Waals surface area contributed by atoms with Gasteiger partial charge in [-0.15, -0.1) is 0 Å². The van der Waals surface area contributed by atoms with Crippen molar-refractivity contribution in [2.45, 2.75) is 0 Å². The molecule has 1 aromatic rings. The molecule has 0 N–H and O–H groups in total. The van der Waals surface area contributed by atoms with Crippen LogP contribution in [0.5, 0.6) is 0 Å².